The van der Waals surface area contributed by atoms with E-state index in [0.29, 0.717) is 13.2 Å². The van der Waals surface area contributed by atoms with E-state index in [0.717, 1.165) is 35.7 Å². The number of methoxy groups -OCH3 is 1. The van der Waals surface area contributed by atoms with Crippen LogP contribution in [-0.4, -0.2) is 26.8 Å². The SMILES string of the molecule is CCCCCCCCCCCCCCOc1cc(CN(C(=O)NC)c2ccc(C[n+]3ccsc3)cc2)ccc1OC.[Br-]. The van der Waals surface area contributed by atoms with Gasteiger partial charge in [-0.25, -0.2) is 4.79 Å². The number of unbranched alkanes of at least 4 members (excludes halogenated alkanes) is 11. The summed E-state index contributed by atoms with van der Waals surface area (Å²) in [5.41, 5.74) is 5.11. The van der Waals surface area contributed by atoms with Gasteiger partial charge in [0.25, 0.3) is 0 Å². The summed E-state index contributed by atoms with van der Waals surface area (Å²) in [5, 5.41) is 4.84. The number of carbonyl (C=O) groups excluding carboxylic acids is 1. The van der Waals surface area contributed by atoms with Crippen molar-refractivity contribution in [2.24, 2.45) is 0 Å². The summed E-state index contributed by atoms with van der Waals surface area (Å²) in [6.07, 6.45) is 17.9. The van der Waals surface area contributed by atoms with E-state index in [-0.39, 0.29) is 23.0 Å². The number of hydrogen-bond donors (Lipinski definition) is 1. The highest BCUT2D eigenvalue weighted by Crippen LogP contribution is 2.30. The van der Waals surface area contributed by atoms with Crippen LogP contribution in [0.3, 0.4) is 0 Å². The van der Waals surface area contributed by atoms with Crippen LogP contribution in [0, 0.1) is 0 Å². The molecule has 42 heavy (non-hydrogen) atoms. The number of amides is 2. The Labute approximate surface area is 268 Å². The molecule has 0 spiro atoms. The Morgan fingerprint density at radius 2 is 1.48 bits per heavy atom. The van der Waals surface area contributed by atoms with E-state index in [1.165, 1.54) is 76.2 Å². The van der Waals surface area contributed by atoms with Gasteiger partial charge in [0.05, 0.1) is 25.6 Å². The second-order valence-corrected chi connectivity index (χ2v) is 11.5. The monoisotopic (exact) mass is 659 g/mol. The lowest BCUT2D eigenvalue weighted by Crippen LogP contribution is -3.00. The molecule has 0 aliphatic heterocycles. The lowest BCUT2D eigenvalue weighted by Gasteiger charge is -2.23. The van der Waals surface area contributed by atoms with E-state index in [1.54, 1.807) is 30.4 Å². The molecule has 0 aliphatic carbocycles. The minimum Gasteiger partial charge on any atom is -1.00 e. The molecule has 0 saturated heterocycles. The number of aromatic nitrogens is 1. The number of rotatable bonds is 20. The second kappa shape index (κ2) is 21.2. The van der Waals surface area contributed by atoms with Crippen molar-refractivity contribution in [2.75, 3.05) is 25.7 Å². The summed E-state index contributed by atoms with van der Waals surface area (Å²) in [7, 11) is 3.33. The molecule has 0 saturated carbocycles. The Kier molecular flexibility index (Phi) is 17.9. The van der Waals surface area contributed by atoms with Gasteiger partial charge in [0.15, 0.2) is 24.2 Å². The molecule has 8 heteroatoms. The van der Waals surface area contributed by atoms with E-state index in [4.69, 9.17) is 9.47 Å². The fourth-order valence-electron chi connectivity index (χ4n) is 5.00. The van der Waals surface area contributed by atoms with Gasteiger partial charge >= 0.3 is 6.03 Å². The standard InChI is InChI=1S/C34H49N3O3S.BrH/c1-4-5-6-7-8-9-10-11-12-13-14-15-23-40-33-25-30(18-21-32(33)39-3)27-37(34(38)35-2)31-19-16-29(17-20-31)26-36-22-24-41-28-36;/h16-22,24-25,28H,4-15,23,26-27H2,1-3H3;1H. The van der Waals surface area contributed by atoms with Crippen LogP contribution in [0.1, 0.15) is 95.1 Å². The molecule has 0 radical (unpaired) electrons. The van der Waals surface area contributed by atoms with Gasteiger partial charge in [0.1, 0.15) is 0 Å². The van der Waals surface area contributed by atoms with Crippen molar-refractivity contribution >= 4 is 23.1 Å². The smallest absolute Gasteiger partial charge is 0.321 e. The lowest BCUT2D eigenvalue weighted by atomic mass is 10.1. The van der Waals surface area contributed by atoms with Gasteiger partial charge in [0.2, 0.25) is 5.51 Å². The molecule has 1 aromatic heterocycles. The van der Waals surface area contributed by atoms with Crippen LogP contribution in [-0.2, 0) is 13.1 Å². The number of thiazole rings is 1. The highest BCUT2D eigenvalue weighted by atomic mass is 79.9. The number of nitrogens with zero attached hydrogens (tertiary/aromatic N) is 2. The zero-order valence-corrected chi connectivity index (χ0v) is 28.2. The summed E-state index contributed by atoms with van der Waals surface area (Å²) < 4.78 is 13.9. The Hall–Kier alpha value is -2.58. The Morgan fingerprint density at radius 3 is 2.05 bits per heavy atom. The van der Waals surface area contributed by atoms with E-state index in [2.05, 4.69) is 46.0 Å². The topological polar surface area (TPSA) is 54.7 Å². The number of halogens is 1. The zero-order valence-electron chi connectivity index (χ0n) is 25.8. The van der Waals surface area contributed by atoms with E-state index in [9.17, 15) is 4.79 Å². The summed E-state index contributed by atoms with van der Waals surface area (Å²) in [6, 6.07) is 13.9. The van der Waals surface area contributed by atoms with Gasteiger partial charge in [-0.05, 0) is 36.2 Å². The number of benzene rings is 2. The van der Waals surface area contributed by atoms with E-state index in [1.807, 2.05) is 30.3 Å². The highest BCUT2D eigenvalue weighted by molar-refractivity contribution is 7.07. The molecular weight excluding hydrogens is 610 g/mol. The van der Waals surface area contributed by atoms with Gasteiger partial charge in [-0.3, -0.25) is 4.90 Å². The van der Waals surface area contributed by atoms with Gasteiger partial charge in [0, 0.05) is 18.3 Å². The van der Waals surface area contributed by atoms with Crippen LogP contribution in [0.4, 0.5) is 10.5 Å². The Balaban J connectivity index is 0.00000616. The third-order valence-electron chi connectivity index (χ3n) is 7.42. The molecule has 2 amide bonds. The van der Waals surface area contributed by atoms with Crippen LogP contribution < -0.4 is 41.2 Å². The van der Waals surface area contributed by atoms with Crippen molar-refractivity contribution in [1.29, 1.82) is 0 Å². The average molecular weight is 661 g/mol. The van der Waals surface area contributed by atoms with Crippen LogP contribution >= 0.6 is 11.3 Å². The third-order valence-corrected chi connectivity index (χ3v) is 8.09. The molecule has 3 rings (SSSR count). The molecule has 1 N–H and O–H groups in total. The normalized spacial score (nSPS) is 10.6. The maximum Gasteiger partial charge on any atom is 0.321 e. The maximum atomic E-state index is 12.8. The van der Waals surface area contributed by atoms with Gasteiger partial charge in [-0.15, -0.1) is 0 Å². The van der Waals surface area contributed by atoms with Crippen molar-refractivity contribution in [1.82, 2.24) is 5.32 Å². The van der Waals surface area contributed by atoms with Gasteiger partial charge in [-0.2, -0.15) is 4.57 Å². The predicted molar refractivity (Wildman–Crippen MR) is 170 cm³/mol. The fraction of sp³-hybridized carbons (Fsp3) is 0.529. The molecule has 0 bridgehead atoms. The first-order valence-electron chi connectivity index (χ1n) is 15.4. The van der Waals surface area contributed by atoms with E-state index >= 15 is 0 Å². The summed E-state index contributed by atoms with van der Waals surface area (Å²) in [4.78, 5) is 14.6. The average Bonchev–Trinajstić information content (AvgIpc) is 3.51. The molecular formula is C34H50BrN3O3S. The molecule has 2 aromatic carbocycles. The molecule has 0 unspecified atom stereocenters. The van der Waals surface area contributed by atoms with Crippen molar-refractivity contribution in [3.05, 3.63) is 70.7 Å². The number of anilines is 1. The predicted octanol–water partition coefficient (Wildman–Crippen LogP) is 5.52. The number of hydrogen-bond acceptors (Lipinski definition) is 4. The molecule has 0 fully saturated rings. The highest BCUT2D eigenvalue weighted by Gasteiger charge is 2.17. The Bertz CT molecular complexity index is 1130. The fourth-order valence-corrected chi connectivity index (χ4v) is 5.60. The Morgan fingerprint density at radius 1 is 0.857 bits per heavy atom. The lowest BCUT2D eigenvalue weighted by molar-refractivity contribution is -0.683. The van der Waals surface area contributed by atoms with Gasteiger partial charge < -0.3 is 31.8 Å². The van der Waals surface area contributed by atoms with Crippen LogP contribution in [0.5, 0.6) is 11.5 Å². The summed E-state index contributed by atoms with van der Waals surface area (Å²) >= 11 is 1.67. The molecule has 1 heterocycles. The van der Waals surface area contributed by atoms with Crippen molar-refractivity contribution < 1.29 is 35.8 Å². The van der Waals surface area contributed by atoms with Crippen LogP contribution in [0.2, 0.25) is 0 Å². The first kappa shape index (κ1) is 35.6. The van der Waals surface area contributed by atoms with Crippen molar-refractivity contribution in [2.45, 2.75) is 97.1 Å². The number of nitrogens with one attached hydrogen (secondary N) is 1. The minimum absolute atomic E-state index is 0. The largest absolute Gasteiger partial charge is 1.00 e. The number of ether oxygens (including phenoxy) is 2. The van der Waals surface area contributed by atoms with Crippen molar-refractivity contribution in [3.8, 4) is 11.5 Å². The number of carbonyl (C=O) groups is 1. The maximum absolute atomic E-state index is 12.8. The minimum atomic E-state index is -0.153. The van der Waals surface area contributed by atoms with Crippen LogP contribution in [0.15, 0.2) is 59.6 Å². The molecule has 232 valence electrons. The van der Waals surface area contributed by atoms with Crippen molar-refractivity contribution in [3.63, 3.8) is 0 Å². The third kappa shape index (κ3) is 12.7. The molecule has 0 atom stereocenters. The van der Waals surface area contributed by atoms with Crippen LogP contribution in [0.25, 0.3) is 0 Å². The zero-order chi connectivity index (χ0) is 29.1. The first-order valence-corrected chi connectivity index (χ1v) is 16.4. The number of urea groups is 1. The quantitative estimate of drug-likeness (QED) is 0.128. The molecule has 0 aliphatic rings. The molecule has 3 aromatic rings. The summed E-state index contributed by atoms with van der Waals surface area (Å²) in [6.45, 7) is 4.18. The van der Waals surface area contributed by atoms with Gasteiger partial charge in [-0.1, -0.05) is 107 Å². The van der Waals surface area contributed by atoms with E-state index < -0.39 is 0 Å². The second-order valence-electron chi connectivity index (χ2n) is 10.7. The summed E-state index contributed by atoms with van der Waals surface area (Å²) in [5.74, 6) is 1.45. The molecule has 6 nitrogen and oxygen atoms in total. The first-order chi connectivity index (χ1) is 20.1.